The van der Waals surface area contributed by atoms with Crippen molar-refractivity contribution in [3.63, 3.8) is 0 Å². The van der Waals surface area contributed by atoms with Crippen LogP contribution in [0, 0.1) is 0 Å². The van der Waals surface area contributed by atoms with Gasteiger partial charge in [-0.05, 0) is 67.9 Å². The van der Waals surface area contributed by atoms with Crippen LogP contribution in [-0.4, -0.2) is 65.0 Å². The Morgan fingerprint density at radius 1 is 0.811 bits per heavy atom. The molecular formula is C27H42N2O8. The minimum atomic E-state index is -1.35. The van der Waals surface area contributed by atoms with Gasteiger partial charge < -0.3 is 24.3 Å². The molecule has 2 amide bonds. The second-order valence-corrected chi connectivity index (χ2v) is 11.5. The molecule has 0 heterocycles. The lowest BCUT2D eigenvalue weighted by atomic mass is 10.1. The Kier molecular flexibility index (Phi) is 11.4. The molecule has 0 aliphatic rings. The van der Waals surface area contributed by atoms with Crippen LogP contribution in [0.1, 0.15) is 74.3 Å². The fourth-order valence-corrected chi connectivity index (χ4v) is 2.93. The zero-order chi connectivity index (χ0) is 28.4. The number of hydrogen-bond acceptors (Lipinski definition) is 8. The first-order valence-corrected chi connectivity index (χ1v) is 12.3. The van der Waals surface area contributed by atoms with Gasteiger partial charge in [-0.2, -0.15) is 0 Å². The molecule has 0 bridgehead atoms. The number of ether oxygens (including phenoxy) is 4. The number of alkyl carbamates (subject to hydrolysis) is 1. The van der Waals surface area contributed by atoms with E-state index in [9.17, 15) is 19.2 Å². The minimum Gasteiger partial charge on any atom is -0.461 e. The zero-order valence-electron chi connectivity index (χ0n) is 23.5. The van der Waals surface area contributed by atoms with E-state index in [0.29, 0.717) is 0 Å². The summed E-state index contributed by atoms with van der Waals surface area (Å²) in [7, 11) is 0. The van der Waals surface area contributed by atoms with Crippen molar-refractivity contribution in [2.45, 2.75) is 98.2 Å². The van der Waals surface area contributed by atoms with Crippen molar-refractivity contribution >= 4 is 24.1 Å². The van der Waals surface area contributed by atoms with Crippen LogP contribution < -0.4 is 5.32 Å². The standard InChI is InChI=1S/C27H42N2O8/c1-25(2,3)35-22(31)20(17-21(30)34-18-19-13-11-10-12-14-19)29(24(33)37-27(7,8)9)16-15-28-23(32)36-26(4,5)6/h10-14,20H,15-18H2,1-9H3,(H,28,32)/t20-/m0/s1. The number of nitrogens with one attached hydrogen (secondary N) is 1. The summed E-state index contributed by atoms with van der Waals surface area (Å²) in [5.41, 5.74) is -1.69. The summed E-state index contributed by atoms with van der Waals surface area (Å²) in [4.78, 5) is 52.2. The molecule has 208 valence electrons. The van der Waals surface area contributed by atoms with Gasteiger partial charge in [-0.15, -0.1) is 0 Å². The lowest BCUT2D eigenvalue weighted by Crippen LogP contribution is -2.52. The molecule has 0 radical (unpaired) electrons. The average Bonchev–Trinajstić information content (AvgIpc) is 2.71. The summed E-state index contributed by atoms with van der Waals surface area (Å²) in [6.07, 6.45) is -1.99. The van der Waals surface area contributed by atoms with Crippen LogP contribution in [0.3, 0.4) is 0 Å². The first-order chi connectivity index (χ1) is 16.9. The molecule has 0 saturated carbocycles. The van der Waals surface area contributed by atoms with E-state index in [-0.39, 0.29) is 19.7 Å². The van der Waals surface area contributed by atoms with Crippen molar-refractivity contribution in [1.29, 1.82) is 0 Å². The normalized spacial score (nSPS) is 12.7. The minimum absolute atomic E-state index is 0.00729. The molecule has 0 spiro atoms. The highest BCUT2D eigenvalue weighted by atomic mass is 16.6. The molecule has 0 saturated heterocycles. The van der Waals surface area contributed by atoms with Crippen LogP contribution in [0.2, 0.25) is 0 Å². The van der Waals surface area contributed by atoms with Gasteiger partial charge in [0.05, 0.1) is 6.42 Å². The van der Waals surface area contributed by atoms with E-state index in [2.05, 4.69) is 5.32 Å². The van der Waals surface area contributed by atoms with Gasteiger partial charge in [0.15, 0.2) is 0 Å². The Balaban J connectivity index is 3.13. The number of rotatable bonds is 9. The van der Waals surface area contributed by atoms with Crippen LogP contribution in [0.5, 0.6) is 0 Å². The first kappa shape index (κ1) is 31.7. The Bertz CT molecular complexity index is 911. The van der Waals surface area contributed by atoms with Crippen LogP contribution >= 0.6 is 0 Å². The molecule has 1 aromatic rings. The van der Waals surface area contributed by atoms with E-state index >= 15 is 0 Å². The fourth-order valence-electron chi connectivity index (χ4n) is 2.93. The zero-order valence-corrected chi connectivity index (χ0v) is 23.5. The number of nitrogens with zero attached hydrogens (tertiary/aromatic N) is 1. The molecular weight excluding hydrogens is 480 g/mol. The van der Waals surface area contributed by atoms with Gasteiger partial charge in [0.25, 0.3) is 0 Å². The molecule has 1 aromatic carbocycles. The number of carbonyl (C=O) groups excluding carboxylic acids is 4. The summed E-state index contributed by atoms with van der Waals surface area (Å²) >= 11 is 0. The molecule has 37 heavy (non-hydrogen) atoms. The highest BCUT2D eigenvalue weighted by molar-refractivity contribution is 5.86. The van der Waals surface area contributed by atoms with Crippen molar-refractivity contribution in [2.24, 2.45) is 0 Å². The topological polar surface area (TPSA) is 120 Å². The van der Waals surface area contributed by atoms with Gasteiger partial charge in [-0.3, -0.25) is 9.69 Å². The molecule has 0 aliphatic carbocycles. The number of hydrogen-bond donors (Lipinski definition) is 1. The van der Waals surface area contributed by atoms with Crippen molar-refractivity contribution < 1.29 is 38.1 Å². The summed E-state index contributed by atoms with van der Waals surface area (Å²) in [6, 6.07) is 7.72. The molecule has 1 atom stereocenters. The van der Waals surface area contributed by atoms with E-state index in [4.69, 9.17) is 18.9 Å². The largest absolute Gasteiger partial charge is 0.461 e. The highest BCUT2D eigenvalue weighted by Gasteiger charge is 2.37. The van der Waals surface area contributed by atoms with Gasteiger partial charge in [0.1, 0.15) is 29.5 Å². The van der Waals surface area contributed by atoms with Crippen molar-refractivity contribution in [2.75, 3.05) is 13.1 Å². The smallest absolute Gasteiger partial charge is 0.411 e. The monoisotopic (exact) mass is 522 g/mol. The molecule has 0 aromatic heterocycles. The summed E-state index contributed by atoms with van der Waals surface area (Å²) in [5.74, 6) is -1.50. The van der Waals surface area contributed by atoms with Crippen LogP contribution in [0.15, 0.2) is 30.3 Å². The molecule has 1 rings (SSSR count). The molecule has 10 heteroatoms. The van der Waals surface area contributed by atoms with Gasteiger partial charge in [0.2, 0.25) is 0 Å². The lowest BCUT2D eigenvalue weighted by molar-refractivity contribution is -0.165. The maximum absolute atomic E-state index is 13.2. The Hall–Kier alpha value is -3.30. The van der Waals surface area contributed by atoms with Crippen molar-refractivity contribution in [3.05, 3.63) is 35.9 Å². The molecule has 0 fully saturated rings. The maximum Gasteiger partial charge on any atom is 0.411 e. The number of esters is 2. The van der Waals surface area contributed by atoms with E-state index < -0.39 is 53.4 Å². The fraction of sp³-hybridized carbons (Fsp3) is 0.630. The second-order valence-electron chi connectivity index (χ2n) is 11.5. The molecule has 1 N–H and O–H groups in total. The molecule has 10 nitrogen and oxygen atoms in total. The third-order valence-corrected chi connectivity index (χ3v) is 4.31. The summed E-state index contributed by atoms with van der Waals surface area (Å²) < 4.78 is 21.6. The van der Waals surface area contributed by atoms with Crippen molar-refractivity contribution in [1.82, 2.24) is 10.2 Å². The quantitative estimate of drug-likeness (QED) is 0.369. The highest BCUT2D eigenvalue weighted by Crippen LogP contribution is 2.19. The number of amides is 2. The Labute approximate surface area is 220 Å². The predicted octanol–water partition coefficient (Wildman–Crippen LogP) is 4.59. The van der Waals surface area contributed by atoms with Crippen molar-refractivity contribution in [3.8, 4) is 0 Å². The summed E-state index contributed by atoms with van der Waals surface area (Å²) in [6.45, 7) is 15.0. The Morgan fingerprint density at radius 3 is 1.86 bits per heavy atom. The van der Waals surface area contributed by atoms with Gasteiger partial charge >= 0.3 is 24.1 Å². The Morgan fingerprint density at radius 2 is 1.35 bits per heavy atom. The van der Waals surface area contributed by atoms with Crippen LogP contribution in [0.4, 0.5) is 9.59 Å². The predicted molar refractivity (Wildman–Crippen MR) is 138 cm³/mol. The van der Waals surface area contributed by atoms with E-state index in [1.807, 2.05) is 18.2 Å². The number of benzene rings is 1. The molecule has 0 aliphatic heterocycles. The summed E-state index contributed by atoms with van der Waals surface area (Å²) in [5, 5.41) is 2.55. The van der Waals surface area contributed by atoms with Crippen LogP contribution in [0.25, 0.3) is 0 Å². The van der Waals surface area contributed by atoms with E-state index in [1.54, 1.807) is 74.4 Å². The average molecular weight is 523 g/mol. The SMILES string of the molecule is CC(C)(C)OC(=O)NCCN(C(=O)OC(C)(C)C)[C@@H](CC(=O)OCc1ccccc1)C(=O)OC(C)(C)C. The van der Waals surface area contributed by atoms with E-state index in [1.165, 1.54) is 0 Å². The van der Waals surface area contributed by atoms with Gasteiger partial charge in [-0.1, -0.05) is 30.3 Å². The third kappa shape index (κ3) is 14.1. The second kappa shape index (κ2) is 13.3. The maximum atomic E-state index is 13.2. The van der Waals surface area contributed by atoms with Crippen LogP contribution in [-0.2, 0) is 35.1 Å². The molecule has 0 unspecified atom stereocenters. The van der Waals surface area contributed by atoms with E-state index in [0.717, 1.165) is 10.5 Å². The lowest BCUT2D eigenvalue weighted by Gasteiger charge is -2.33. The third-order valence-electron chi connectivity index (χ3n) is 4.31. The first-order valence-electron chi connectivity index (χ1n) is 12.3. The van der Waals surface area contributed by atoms with Gasteiger partial charge in [0, 0.05) is 13.1 Å². The van der Waals surface area contributed by atoms with Gasteiger partial charge in [-0.25, -0.2) is 14.4 Å². The number of carbonyl (C=O) groups is 4.